The summed E-state index contributed by atoms with van der Waals surface area (Å²) in [7, 11) is -3.74. The molecule has 0 aliphatic carbocycles. The van der Waals surface area contributed by atoms with Gasteiger partial charge in [-0.2, -0.15) is 0 Å². The molecule has 1 aromatic rings. The van der Waals surface area contributed by atoms with Crippen molar-refractivity contribution in [1.82, 2.24) is 4.72 Å². The topological polar surface area (TPSA) is 83.5 Å². The molecule has 0 heterocycles. The van der Waals surface area contributed by atoms with E-state index in [-0.39, 0.29) is 28.8 Å². The van der Waals surface area contributed by atoms with E-state index in [1.54, 1.807) is 6.07 Å². The first-order chi connectivity index (χ1) is 9.26. The van der Waals surface area contributed by atoms with Crippen molar-refractivity contribution in [3.8, 4) is 0 Å². The zero-order chi connectivity index (χ0) is 15.3. The van der Waals surface area contributed by atoms with Crippen LogP contribution in [0.5, 0.6) is 0 Å². The molecule has 0 aromatic heterocycles. The zero-order valence-corrected chi connectivity index (χ0v) is 13.9. The number of sulfonamides is 1. The van der Waals surface area contributed by atoms with E-state index < -0.39 is 16.0 Å². The van der Waals surface area contributed by atoms with Crippen LogP contribution in [0.25, 0.3) is 0 Å². The molecule has 112 valence electrons. The maximum absolute atomic E-state index is 12.1. The van der Waals surface area contributed by atoms with Crippen LogP contribution in [0.1, 0.15) is 19.8 Å². The summed E-state index contributed by atoms with van der Waals surface area (Å²) in [6, 6.07) is 4.46. The fraction of sp³-hybridized carbons (Fsp3) is 0.417. The van der Waals surface area contributed by atoms with E-state index in [1.807, 2.05) is 6.92 Å². The van der Waals surface area contributed by atoms with Crippen molar-refractivity contribution >= 4 is 43.5 Å². The molecule has 0 spiro atoms. The minimum absolute atomic E-state index is 0.0208. The maximum Gasteiger partial charge on any atom is 0.303 e. The SMILES string of the molecule is CCC(CNS(=O)(=O)c1ccc(Br)cc1Cl)CC(=O)O. The van der Waals surface area contributed by atoms with Crippen molar-refractivity contribution in [2.75, 3.05) is 6.54 Å². The highest BCUT2D eigenvalue weighted by molar-refractivity contribution is 9.10. The fourth-order valence-electron chi connectivity index (χ4n) is 1.61. The molecule has 0 aliphatic heterocycles. The van der Waals surface area contributed by atoms with Gasteiger partial charge in [-0.05, 0) is 24.1 Å². The summed E-state index contributed by atoms with van der Waals surface area (Å²) in [6.07, 6.45) is 0.496. The molecular weight excluding hydrogens is 370 g/mol. The Labute approximate surface area is 131 Å². The lowest BCUT2D eigenvalue weighted by atomic mass is 10.0. The highest BCUT2D eigenvalue weighted by atomic mass is 79.9. The van der Waals surface area contributed by atoms with Crippen LogP contribution in [-0.2, 0) is 14.8 Å². The summed E-state index contributed by atoms with van der Waals surface area (Å²) in [6.45, 7) is 1.88. The summed E-state index contributed by atoms with van der Waals surface area (Å²) in [4.78, 5) is 10.6. The van der Waals surface area contributed by atoms with Gasteiger partial charge in [-0.25, -0.2) is 13.1 Å². The molecule has 2 N–H and O–H groups in total. The lowest BCUT2D eigenvalue weighted by molar-refractivity contribution is -0.138. The Kier molecular flexibility index (Phi) is 6.44. The van der Waals surface area contributed by atoms with E-state index in [4.69, 9.17) is 16.7 Å². The molecular formula is C12H15BrClNO4S. The average molecular weight is 385 g/mol. The minimum Gasteiger partial charge on any atom is -0.481 e. The zero-order valence-electron chi connectivity index (χ0n) is 10.8. The molecule has 1 unspecified atom stereocenters. The van der Waals surface area contributed by atoms with Crippen LogP contribution in [0.4, 0.5) is 0 Å². The Morgan fingerprint density at radius 1 is 1.50 bits per heavy atom. The third-order valence-electron chi connectivity index (χ3n) is 2.79. The number of halogens is 2. The van der Waals surface area contributed by atoms with Crippen molar-refractivity contribution in [2.45, 2.75) is 24.7 Å². The van der Waals surface area contributed by atoms with Gasteiger partial charge in [0.15, 0.2) is 0 Å². The Balaban J connectivity index is 2.82. The average Bonchev–Trinajstić information content (AvgIpc) is 2.33. The molecule has 1 atom stereocenters. The van der Waals surface area contributed by atoms with E-state index in [0.29, 0.717) is 10.9 Å². The van der Waals surface area contributed by atoms with Crippen molar-refractivity contribution in [1.29, 1.82) is 0 Å². The second-order valence-electron chi connectivity index (χ2n) is 4.30. The number of carboxylic acid groups (broad SMARTS) is 1. The number of aliphatic carboxylic acids is 1. The lowest BCUT2D eigenvalue weighted by Gasteiger charge is -2.14. The van der Waals surface area contributed by atoms with Crippen LogP contribution in [-0.4, -0.2) is 26.0 Å². The van der Waals surface area contributed by atoms with Crippen LogP contribution in [0.2, 0.25) is 5.02 Å². The quantitative estimate of drug-likeness (QED) is 0.757. The van der Waals surface area contributed by atoms with E-state index in [0.717, 1.165) is 0 Å². The summed E-state index contributed by atoms with van der Waals surface area (Å²) in [5.74, 6) is -1.20. The number of hydrogen-bond acceptors (Lipinski definition) is 3. The first-order valence-electron chi connectivity index (χ1n) is 5.92. The molecule has 8 heteroatoms. The number of nitrogens with one attached hydrogen (secondary N) is 1. The third kappa shape index (κ3) is 5.05. The molecule has 0 radical (unpaired) electrons. The van der Waals surface area contributed by atoms with Gasteiger partial charge in [-0.1, -0.05) is 40.9 Å². The molecule has 0 aliphatic rings. The molecule has 20 heavy (non-hydrogen) atoms. The molecule has 1 rings (SSSR count). The van der Waals surface area contributed by atoms with Crippen molar-refractivity contribution in [3.05, 3.63) is 27.7 Å². The molecule has 1 aromatic carbocycles. The van der Waals surface area contributed by atoms with Gasteiger partial charge in [0.1, 0.15) is 4.90 Å². The van der Waals surface area contributed by atoms with Gasteiger partial charge in [0.2, 0.25) is 10.0 Å². The Morgan fingerprint density at radius 3 is 2.65 bits per heavy atom. The Morgan fingerprint density at radius 2 is 2.15 bits per heavy atom. The first kappa shape index (κ1) is 17.4. The van der Waals surface area contributed by atoms with Crippen molar-refractivity contribution < 1.29 is 18.3 Å². The van der Waals surface area contributed by atoms with Gasteiger partial charge < -0.3 is 5.11 Å². The number of carboxylic acids is 1. The van der Waals surface area contributed by atoms with Crippen molar-refractivity contribution in [2.24, 2.45) is 5.92 Å². The summed E-state index contributed by atoms with van der Waals surface area (Å²) in [5, 5.41) is 8.84. The number of benzene rings is 1. The van der Waals surface area contributed by atoms with Gasteiger partial charge in [-0.15, -0.1) is 0 Å². The smallest absolute Gasteiger partial charge is 0.303 e. The summed E-state index contributed by atoms with van der Waals surface area (Å²) >= 11 is 9.10. The fourth-order valence-corrected chi connectivity index (χ4v) is 3.76. The second kappa shape index (κ2) is 7.40. The molecule has 0 saturated heterocycles. The molecule has 0 bridgehead atoms. The monoisotopic (exact) mass is 383 g/mol. The third-order valence-corrected chi connectivity index (χ3v) is 5.19. The predicted molar refractivity (Wildman–Crippen MR) is 80.4 cm³/mol. The van der Waals surface area contributed by atoms with Gasteiger partial charge in [0.05, 0.1) is 5.02 Å². The molecule has 0 saturated carbocycles. The minimum atomic E-state index is -3.74. The van der Waals surface area contributed by atoms with E-state index >= 15 is 0 Å². The van der Waals surface area contributed by atoms with Gasteiger partial charge in [0.25, 0.3) is 0 Å². The van der Waals surface area contributed by atoms with Crippen LogP contribution in [0.3, 0.4) is 0 Å². The lowest BCUT2D eigenvalue weighted by Crippen LogP contribution is -2.30. The molecule has 0 amide bonds. The van der Waals surface area contributed by atoms with Gasteiger partial charge in [0, 0.05) is 17.4 Å². The normalized spacial score (nSPS) is 13.2. The number of rotatable bonds is 7. The van der Waals surface area contributed by atoms with Crippen LogP contribution in [0, 0.1) is 5.92 Å². The largest absolute Gasteiger partial charge is 0.481 e. The van der Waals surface area contributed by atoms with E-state index in [9.17, 15) is 13.2 Å². The number of hydrogen-bond donors (Lipinski definition) is 2. The van der Waals surface area contributed by atoms with Crippen molar-refractivity contribution in [3.63, 3.8) is 0 Å². The number of carbonyl (C=O) groups is 1. The van der Waals surface area contributed by atoms with E-state index in [2.05, 4.69) is 20.7 Å². The van der Waals surface area contributed by atoms with Gasteiger partial charge in [-0.3, -0.25) is 4.79 Å². The predicted octanol–water partition coefficient (Wildman–Crippen LogP) is 2.88. The summed E-state index contributed by atoms with van der Waals surface area (Å²) < 4.78 is 27.3. The standard InChI is InChI=1S/C12H15BrClNO4S/c1-2-8(5-12(16)17)7-15-20(18,19)11-4-3-9(13)6-10(11)14/h3-4,6,8,15H,2,5,7H2,1H3,(H,16,17). The Bertz CT molecular complexity index is 591. The highest BCUT2D eigenvalue weighted by Crippen LogP contribution is 2.25. The first-order valence-corrected chi connectivity index (χ1v) is 8.58. The van der Waals surface area contributed by atoms with Crippen LogP contribution >= 0.6 is 27.5 Å². The highest BCUT2D eigenvalue weighted by Gasteiger charge is 2.20. The Hall–Kier alpha value is -0.630. The maximum atomic E-state index is 12.1. The molecule has 5 nitrogen and oxygen atoms in total. The van der Waals surface area contributed by atoms with Crippen LogP contribution < -0.4 is 4.72 Å². The second-order valence-corrected chi connectivity index (χ2v) is 7.36. The molecule has 0 fully saturated rings. The van der Waals surface area contributed by atoms with E-state index in [1.165, 1.54) is 12.1 Å². The van der Waals surface area contributed by atoms with Gasteiger partial charge >= 0.3 is 5.97 Å². The summed E-state index contributed by atoms with van der Waals surface area (Å²) in [5.41, 5.74) is 0. The van der Waals surface area contributed by atoms with Crippen LogP contribution in [0.15, 0.2) is 27.6 Å².